The van der Waals surface area contributed by atoms with Crippen LogP contribution in [0.1, 0.15) is 37.1 Å². The minimum atomic E-state index is 0.282. The summed E-state index contributed by atoms with van der Waals surface area (Å²) in [6, 6.07) is 31.3. The largest absolute Gasteiger partial charge is 0.304 e. The van der Waals surface area contributed by atoms with Crippen molar-refractivity contribution in [3.05, 3.63) is 96.1 Å². The third-order valence-electron chi connectivity index (χ3n) is 5.84. The van der Waals surface area contributed by atoms with Crippen molar-refractivity contribution in [2.45, 2.75) is 25.9 Å². The molecule has 0 heterocycles. The van der Waals surface area contributed by atoms with Gasteiger partial charge in [0.2, 0.25) is 0 Å². The Balaban J connectivity index is 1.41. The van der Waals surface area contributed by atoms with E-state index in [1.165, 1.54) is 44.2 Å². The highest BCUT2D eigenvalue weighted by Crippen LogP contribution is 2.47. The molecule has 1 nitrogen and oxygen atoms in total. The van der Waals surface area contributed by atoms with Gasteiger partial charge in [-0.25, -0.2) is 0 Å². The Morgan fingerprint density at radius 2 is 1.26 bits per heavy atom. The molecule has 1 heteroatoms. The van der Waals surface area contributed by atoms with Crippen LogP contribution in [0, 0.1) is 0 Å². The van der Waals surface area contributed by atoms with Crippen molar-refractivity contribution in [2.75, 3.05) is 0 Å². The molecular formula is C26H23N. The number of rotatable bonds is 4. The molecule has 4 aromatic carbocycles. The molecule has 0 saturated carbocycles. The first-order valence-corrected chi connectivity index (χ1v) is 9.70. The van der Waals surface area contributed by atoms with Gasteiger partial charge in [0.15, 0.2) is 0 Å². The lowest BCUT2D eigenvalue weighted by Crippen LogP contribution is -2.23. The molecular weight excluding hydrogens is 326 g/mol. The van der Waals surface area contributed by atoms with Crippen LogP contribution in [0.5, 0.6) is 0 Å². The molecule has 0 spiro atoms. The summed E-state index contributed by atoms with van der Waals surface area (Å²) in [5.41, 5.74) is 8.22. The van der Waals surface area contributed by atoms with Crippen LogP contribution in [0.2, 0.25) is 0 Å². The predicted molar refractivity (Wildman–Crippen MR) is 115 cm³/mol. The first kappa shape index (κ1) is 16.3. The zero-order chi connectivity index (χ0) is 18.4. The van der Waals surface area contributed by atoms with Crippen molar-refractivity contribution in [3.63, 3.8) is 0 Å². The van der Waals surface area contributed by atoms with Crippen molar-refractivity contribution in [1.29, 1.82) is 0 Å². The second-order valence-corrected chi connectivity index (χ2v) is 7.53. The highest BCUT2D eigenvalue weighted by atomic mass is 14.9. The first-order valence-electron chi connectivity index (χ1n) is 9.70. The number of fused-ring (bicyclic) bond motifs is 5. The van der Waals surface area contributed by atoms with Gasteiger partial charge in [0, 0.05) is 12.1 Å². The Morgan fingerprint density at radius 1 is 0.593 bits per heavy atom. The number of nitrogens with one attached hydrogen (secondary N) is 1. The van der Waals surface area contributed by atoms with Crippen molar-refractivity contribution in [2.24, 2.45) is 0 Å². The maximum atomic E-state index is 3.80. The standard InChI is InChI=1S/C26H23N/c1-17(20-14-15-25-23-11-5-6-12-24(23)26(25)16-20)27-18(2)21-13-7-9-19-8-3-4-10-22(19)21/h3-18,27H,1-2H3/t17-,18+/m1/s1. The Bertz CT molecular complexity index is 1140. The van der Waals surface area contributed by atoms with Gasteiger partial charge in [0.05, 0.1) is 0 Å². The molecule has 132 valence electrons. The van der Waals surface area contributed by atoms with E-state index in [1.807, 2.05) is 0 Å². The summed E-state index contributed by atoms with van der Waals surface area (Å²) in [4.78, 5) is 0. The van der Waals surface area contributed by atoms with Crippen LogP contribution in [-0.2, 0) is 0 Å². The molecule has 1 N–H and O–H groups in total. The molecule has 0 radical (unpaired) electrons. The average molecular weight is 349 g/mol. The van der Waals surface area contributed by atoms with E-state index in [4.69, 9.17) is 0 Å². The monoisotopic (exact) mass is 349 g/mol. The maximum absolute atomic E-state index is 3.80. The van der Waals surface area contributed by atoms with Crippen LogP contribution < -0.4 is 5.32 Å². The zero-order valence-electron chi connectivity index (χ0n) is 15.7. The van der Waals surface area contributed by atoms with E-state index < -0.39 is 0 Å². The molecule has 0 amide bonds. The van der Waals surface area contributed by atoms with Crippen LogP contribution in [0.15, 0.2) is 84.9 Å². The maximum Gasteiger partial charge on any atom is 0.0303 e. The summed E-state index contributed by atoms with van der Waals surface area (Å²) in [7, 11) is 0. The highest BCUT2D eigenvalue weighted by molar-refractivity contribution is 6.02. The van der Waals surface area contributed by atoms with Gasteiger partial charge in [0.1, 0.15) is 0 Å². The predicted octanol–water partition coefficient (Wildman–Crippen LogP) is 6.90. The zero-order valence-corrected chi connectivity index (χ0v) is 15.7. The number of hydrogen-bond donors (Lipinski definition) is 1. The van der Waals surface area contributed by atoms with Gasteiger partial charge in [-0.1, -0.05) is 78.9 Å². The molecule has 0 aromatic heterocycles. The van der Waals surface area contributed by atoms with Crippen molar-refractivity contribution >= 4 is 10.8 Å². The number of hydrogen-bond acceptors (Lipinski definition) is 1. The van der Waals surface area contributed by atoms with E-state index in [1.54, 1.807) is 0 Å². The van der Waals surface area contributed by atoms with Crippen LogP contribution in [0.3, 0.4) is 0 Å². The van der Waals surface area contributed by atoms with Gasteiger partial charge in [-0.2, -0.15) is 0 Å². The molecule has 0 bridgehead atoms. The van der Waals surface area contributed by atoms with Crippen molar-refractivity contribution in [3.8, 4) is 22.3 Å². The Labute approximate surface area is 160 Å². The van der Waals surface area contributed by atoms with Gasteiger partial charge in [-0.3, -0.25) is 0 Å². The average Bonchev–Trinajstić information content (AvgIpc) is 2.71. The summed E-state index contributed by atoms with van der Waals surface area (Å²) < 4.78 is 0. The van der Waals surface area contributed by atoms with E-state index in [9.17, 15) is 0 Å². The molecule has 5 rings (SSSR count). The highest BCUT2D eigenvalue weighted by Gasteiger charge is 2.23. The van der Waals surface area contributed by atoms with E-state index in [0.29, 0.717) is 0 Å². The molecule has 4 aromatic rings. The summed E-state index contributed by atoms with van der Waals surface area (Å²) in [5.74, 6) is 0. The van der Waals surface area contributed by atoms with E-state index in [0.717, 1.165) is 0 Å². The fourth-order valence-electron chi connectivity index (χ4n) is 4.37. The normalized spacial score (nSPS) is 14.1. The molecule has 0 aliphatic heterocycles. The minimum Gasteiger partial charge on any atom is -0.304 e. The van der Waals surface area contributed by atoms with E-state index in [2.05, 4.69) is 104 Å². The summed E-state index contributed by atoms with van der Waals surface area (Å²) in [6.45, 7) is 4.52. The van der Waals surface area contributed by atoms with Gasteiger partial charge in [-0.15, -0.1) is 0 Å². The SMILES string of the molecule is C[C@H](N[C@H](C)c1ccc2c(c1)-c1ccccc1-2)c1cccc2ccccc12. The fraction of sp³-hybridized carbons (Fsp3) is 0.154. The fourth-order valence-corrected chi connectivity index (χ4v) is 4.37. The lowest BCUT2D eigenvalue weighted by atomic mass is 9.79. The lowest BCUT2D eigenvalue weighted by molar-refractivity contribution is 0.497. The Hall–Kier alpha value is -2.90. The van der Waals surface area contributed by atoms with E-state index >= 15 is 0 Å². The van der Waals surface area contributed by atoms with Crippen LogP contribution >= 0.6 is 0 Å². The van der Waals surface area contributed by atoms with Gasteiger partial charge < -0.3 is 5.32 Å². The molecule has 2 atom stereocenters. The van der Waals surface area contributed by atoms with Gasteiger partial charge in [0.25, 0.3) is 0 Å². The molecule has 0 saturated heterocycles. The molecule has 1 aliphatic rings. The van der Waals surface area contributed by atoms with E-state index in [-0.39, 0.29) is 12.1 Å². The lowest BCUT2D eigenvalue weighted by Gasteiger charge is -2.27. The summed E-state index contributed by atoms with van der Waals surface area (Å²) in [5, 5.41) is 6.43. The molecule has 27 heavy (non-hydrogen) atoms. The quantitative estimate of drug-likeness (QED) is 0.372. The third-order valence-corrected chi connectivity index (χ3v) is 5.84. The van der Waals surface area contributed by atoms with Crippen molar-refractivity contribution in [1.82, 2.24) is 5.32 Å². The topological polar surface area (TPSA) is 12.0 Å². The van der Waals surface area contributed by atoms with Gasteiger partial charge >= 0.3 is 0 Å². The second-order valence-electron chi connectivity index (χ2n) is 7.53. The van der Waals surface area contributed by atoms with Gasteiger partial charge in [-0.05, 0) is 64.1 Å². The second kappa shape index (κ2) is 6.37. The molecule has 1 aliphatic carbocycles. The smallest absolute Gasteiger partial charge is 0.0303 e. The molecule has 0 fully saturated rings. The van der Waals surface area contributed by atoms with Crippen LogP contribution in [0.25, 0.3) is 33.0 Å². The molecule has 0 unspecified atom stereocenters. The summed E-state index contributed by atoms with van der Waals surface area (Å²) in [6.07, 6.45) is 0. The van der Waals surface area contributed by atoms with Crippen LogP contribution in [-0.4, -0.2) is 0 Å². The summed E-state index contributed by atoms with van der Waals surface area (Å²) >= 11 is 0. The Morgan fingerprint density at radius 3 is 2.11 bits per heavy atom. The number of benzene rings is 4. The third kappa shape index (κ3) is 2.67. The van der Waals surface area contributed by atoms with Crippen molar-refractivity contribution < 1.29 is 0 Å². The first-order chi connectivity index (χ1) is 13.2. The minimum absolute atomic E-state index is 0.282. The van der Waals surface area contributed by atoms with Crippen LogP contribution in [0.4, 0.5) is 0 Å². The Kier molecular flexibility index (Phi) is 3.84.